The van der Waals surface area contributed by atoms with Gasteiger partial charge in [0.05, 0.1) is 11.6 Å². The number of halogens is 3. The number of nitrogens with two attached hydrogens (primary N) is 1. The number of benzene rings is 1. The van der Waals surface area contributed by atoms with Crippen molar-refractivity contribution in [3.8, 4) is 0 Å². The molecule has 0 aliphatic heterocycles. The lowest BCUT2D eigenvalue weighted by atomic mass is 10.0. The number of rotatable bonds is 2. The van der Waals surface area contributed by atoms with Crippen molar-refractivity contribution in [2.45, 2.75) is 12.2 Å². The van der Waals surface area contributed by atoms with Gasteiger partial charge in [-0.2, -0.15) is 13.2 Å². The molecule has 1 unspecified atom stereocenters. The van der Waals surface area contributed by atoms with Gasteiger partial charge in [-0.05, 0) is 35.2 Å². The van der Waals surface area contributed by atoms with Gasteiger partial charge in [-0.15, -0.1) is 22.7 Å². The minimum atomic E-state index is -4.34. The maximum atomic E-state index is 12.7. The largest absolute Gasteiger partial charge is 0.416 e. The molecule has 0 fully saturated rings. The molecule has 2 N–H and O–H groups in total. The Balaban J connectivity index is 1.97. The number of hydrogen-bond acceptors (Lipinski definition) is 3. The first-order valence-corrected chi connectivity index (χ1v) is 7.54. The van der Waals surface area contributed by atoms with Crippen LogP contribution >= 0.6 is 22.7 Å². The number of hydrogen-bond donors (Lipinski definition) is 1. The first-order valence-electron chi connectivity index (χ1n) is 5.85. The molecule has 2 heterocycles. The standard InChI is InChI=1S/C14H10F3NS2/c15-14(16,17)9-3-1-2-8(6-9)13(18)12-7-11-10(20-12)4-5-19-11/h1-7,13H,18H2. The van der Waals surface area contributed by atoms with E-state index < -0.39 is 17.8 Å². The van der Waals surface area contributed by atoms with E-state index in [1.54, 1.807) is 17.4 Å². The average molecular weight is 313 g/mol. The second kappa shape index (κ2) is 4.87. The highest BCUT2D eigenvalue weighted by Crippen LogP contribution is 2.36. The minimum Gasteiger partial charge on any atom is -0.320 e. The zero-order valence-electron chi connectivity index (χ0n) is 10.1. The van der Waals surface area contributed by atoms with Crippen molar-refractivity contribution in [3.05, 3.63) is 57.8 Å². The summed E-state index contributed by atoms with van der Waals surface area (Å²) in [5, 5.41) is 1.99. The molecule has 3 rings (SSSR count). The molecule has 0 aliphatic carbocycles. The van der Waals surface area contributed by atoms with E-state index in [2.05, 4.69) is 0 Å². The topological polar surface area (TPSA) is 26.0 Å². The lowest BCUT2D eigenvalue weighted by Crippen LogP contribution is -2.12. The fourth-order valence-electron chi connectivity index (χ4n) is 2.01. The summed E-state index contributed by atoms with van der Waals surface area (Å²) in [5.74, 6) is 0. The van der Waals surface area contributed by atoms with Crippen LogP contribution in [0.25, 0.3) is 9.40 Å². The lowest BCUT2D eigenvalue weighted by Gasteiger charge is -2.13. The quantitative estimate of drug-likeness (QED) is 0.705. The van der Waals surface area contributed by atoms with Crippen LogP contribution < -0.4 is 5.73 Å². The van der Waals surface area contributed by atoms with Gasteiger partial charge < -0.3 is 5.73 Å². The summed E-state index contributed by atoms with van der Waals surface area (Å²) in [4.78, 5) is 0.881. The lowest BCUT2D eigenvalue weighted by molar-refractivity contribution is -0.137. The number of fused-ring (bicyclic) bond motifs is 1. The molecular formula is C14H10F3NS2. The monoisotopic (exact) mass is 313 g/mol. The van der Waals surface area contributed by atoms with Crippen molar-refractivity contribution >= 4 is 32.1 Å². The molecule has 0 amide bonds. The summed E-state index contributed by atoms with van der Waals surface area (Å²) in [6.07, 6.45) is -4.34. The van der Waals surface area contributed by atoms with Crippen molar-refractivity contribution in [3.63, 3.8) is 0 Å². The third kappa shape index (κ3) is 2.46. The van der Waals surface area contributed by atoms with Gasteiger partial charge in [0.1, 0.15) is 0 Å². The first kappa shape index (κ1) is 13.6. The van der Waals surface area contributed by atoms with E-state index in [0.29, 0.717) is 5.56 Å². The van der Waals surface area contributed by atoms with Crippen molar-refractivity contribution in [2.24, 2.45) is 5.73 Å². The van der Waals surface area contributed by atoms with E-state index in [9.17, 15) is 13.2 Å². The molecule has 0 spiro atoms. The summed E-state index contributed by atoms with van der Waals surface area (Å²) in [5.41, 5.74) is 5.92. The predicted molar refractivity (Wildman–Crippen MR) is 77.2 cm³/mol. The molecule has 6 heteroatoms. The zero-order valence-corrected chi connectivity index (χ0v) is 11.8. The molecule has 0 bridgehead atoms. The van der Waals surface area contributed by atoms with Crippen molar-refractivity contribution < 1.29 is 13.2 Å². The van der Waals surface area contributed by atoms with Crippen LogP contribution in [-0.4, -0.2) is 0 Å². The Morgan fingerprint density at radius 3 is 2.55 bits per heavy atom. The molecule has 1 aromatic carbocycles. The Labute approximate surface area is 121 Å². The fraction of sp³-hybridized carbons (Fsp3) is 0.143. The first-order chi connectivity index (χ1) is 9.45. The molecule has 104 valence electrons. The summed E-state index contributed by atoms with van der Waals surface area (Å²) < 4.78 is 40.4. The summed E-state index contributed by atoms with van der Waals surface area (Å²) in [7, 11) is 0. The van der Waals surface area contributed by atoms with Gasteiger partial charge >= 0.3 is 6.18 Å². The highest BCUT2D eigenvalue weighted by atomic mass is 32.1. The maximum Gasteiger partial charge on any atom is 0.416 e. The van der Waals surface area contributed by atoms with Gasteiger partial charge in [0.2, 0.25) is 0 Å². The Morgan fingerprint density at radius 2 is 1.85 bits per heavy atom. The second-order valence-electron chi connectivity index (χ2n) is 4.40. The van der Waals surface area contributed by atoms with E-state index in [-0.39, 0.29) is 0 Å². The predicted octanol–water partition coefficient (Wildman–Crippen LogP) is 5.03. The van der Waals surface area contributed by atoms with Gasteiger partial charge in [-0.1, -0.05) is 12.1 Å². The Kier molecular flexibility index (Phi) is 3.32. The van der Waals surface area contributed by atoms with Crippen molar-refractivity contribution in [1.82, 2.24) is 0 Å². The Hall–Kier alpha value is -1.37. The summed E-state index contributed by atoms with van der Waals surface area (Å²) in [6, 6.07) is 8.63. The molecule has 0 radical (unpaired) electrons. The van der Waals surface area contributed by atoms with Crippen LogP contribution in [-0.2, 0) is 6.18 Å². The molecule has 1 nitrogen and oxygen atoms in total. The van der Waals surface area contributed by atoms with Crippen LogP contribution in [0.1, 0.15) is 22.0 Å². The van der Waals surface area contributed by atoms with Crippen LogP contribution in [0.15, 0.2) is 41.8 Å². The molecule has 1 atom stereocenters. The molecule has 0 saturated heterocycles. The van der Waals surface area contributed by atoms with Crippen LogP contribution in [0.5, 0.6) is 0 Å². The van der Waals surface area contributed by atoms with Gasteiger partial charge in [0.25, 0.3) is 0 Å². The summed E-state index contributed by atoms with van der Waals surface area (Å²) in [6.45, 7) is 0. The molecule has 20 heavy (non-hydrogen) atoms. The third-order valence-electron chi connectivity index (χ3n) is 3.04. The summed E-state index contributed by atoms with van der Waals surface area (Å²) >= 11 is 3.13. The van der Waals surface area contributed by atoms with Crippen molar-refractivity contribution in [1.29, 1.82) is 0 Å². The number of alkyl halides is 3. The van der Waals surface area contributed by atoms with Gasteiger partial charge in [-0.25, -0.2) is 0 Å². The van der Waals surface area contributed by atoms with E-state index in [1.807, 2.05) is 17.5 Å². The van der Waals surface area contributed by atoms with E-state index in [1.165, 1.54) is 17.4 Å². The van der Waals surface area contributed by atoms with Gasteiger partial charge in [0.15, 0.2) is 0 Å². The minimum absolute atomic E-state index is 0.480. The number of thiophene rings is 2. The van der Waals surface area contributed by atoms with E-state index >= 15 is 0 Å². The maximum absolute atomic E-state index is 12.7. The van der Waals surface area contributed by atoms with Crippen LogP contribution in [0.2, 0.25) is 0 Å². The van der Waals surface area contributed by atoms with Crippen LogP contribution in [0, 0.1) is 0 Å². The molecule has 3 aromatic rings. The van der Waals surface area contributed by atoms with E-state index in [4.69, 9.17) is 5.73 Å². The smallest absolute Gasteiger partial charge is 0.320 e. The van der Waals surface area contributed by atoms with Crippen molar-refractivity contribution in [2.75, 3.05) is 0 Å². The fourth-order valence-corrected chi connectivity index (χ4v) is 4.16. The van der Waals surface area contributed by atoms with E-state index in [0.717, 1.165) is 26.4 Å². The highest BCUT2D eigenvalue weighted by molar-refractivity contribution is 7.27. The highest BCUT2D eigenvalue weighted by Gasteiger charge is 2.30. The SMILES string of the molecule is NC(c1cccc(C(F)(F)F)c1)c1cc2sccc2s1. The molecule has 2 aromatic heterocycles. The molecule has 0 saturated carbocycles. The normalized spacial score (nSPS) is 13.8. The zero-order chi connectivity index (χ0) is 14.3. The van der Waals surface area contributed by atoms with Gasteiger partial charge in [0, 0.05) is 14.3 Å². The Morgan fingerprint density at radius 1 is 1.05 bits per heavy atom. The second-order valence-corrected chi connectivity index (χ2v) is 6.46. The van der Waals surface area contributed by atoms with Crippen LogP contribution in [0.3, 0.4) is 0 Å². The van der Waals surface area contributed by atoms with Crippen LogP contribution in [0.4, 0.5) is 13.2 Å². The third-order valence-corrected chi connectivity index (χ3v) is 5.21. The molecule has 0 aliphatic rings. The van der Waals surface area contributed by atoms with Gasteiger partial charge in [-0.3, -0.25) is 0 Å². The average Bonchev–Trinajstić information content (AvgIpc) is 2.97. The molecular weight excluding hydrogens is 303 g/mol. The Bertz CT molecular complexity index is 714.